The minimum absolute atomic E-state index is 0.318. The number of nitrogens with one attached hydrogen (secondary N) is 2. The van der Waals surface area contributed by atoms with E-state index < -0.39 is 0 Å². The molecular formula is C17H18N2. The summed E-state index contributed by atoms with van der Waals surface area (Å²) >= 11 is 0. The smallest absolute Gasteiger partial charge is 0.109 e. The van der Waals surface area contributed by atoms with Gasteiger partial charge in [0.2, 0.25) is 0 Å². The first-order valence-electron chi connectivity index (χ1n) is 6.70. The van der Waals surface area contributed by atoms with E-state index in [-0.39, 0.29) is 5.41 Å². The predicted molar refractivity (Wildman–Crippen MR) is 78.6 cm³/mol. The Labute approximate surface area is 114 Å². The van der Waals surface area contributed by atoms with Crippen molar-refractivity contribution in [1.29, 1.82) is 5.41 Å². The Hall–Kier alpha value is -2.09. The van der Waals surface area contributed by atoms with Gasteiger partial charge in [-0.3, -0.25) is 5.41 Å². The van der Waals surface area contributed by atoms with Crippen LogP contribution in [0.4, 0.5) is 0 Å². The Morgan fingerprint density at radius 1 is 0.947 bits per heavy atom. The van der Waals surface area contributed by atoms with Crippen LogP contribution in [0.15, 0.2) is 60.7 Å². The molecule has 0 unspecified atom stereocenters. The van der Waals surface area contributed by atoms with Crippen LogP contribution in [0.25, 0.3) is 0 Å². The monoisotopic (exact) mass is 250 g/mol. The Balaban J connectivity index is 2.20. The molecule has 0 radical (unpaired) electrons. The molecule has 2 N–H and O–H groups in total. The van der Waals surface area contributed by atoms with E-state index in [1.807, 2.05) is 12.1 Å². The summed E-state index contributed by atoms with van der Waals surface area (Å²) in [4.78, 5) is 0. The molecule has 2 heteroatoms. The average molecular weight is 250 g/mol. The number of amidine groups is 1. The summed E-state index contributed by atoms with van der Waals surface area (Å²) in [6, 6.07) is 21.1. The summed E-state index contributed by atoms with van der Waals surface area (Å²) in [5.74, 6) is 0.609. The molecule has 0 bridgehead atoms. The van der Waals surface area contributed by atoms with Gasteiger partial charge in [0.15, 0.2) is 0 Å². The summed E-state index contributed by atoms with van der Waals surface area (Å²) in [5, 5.41) is 11.7. The molecule has 0 spiro atoms. The van der Waals surface area contributed by atoms with Gasteiger partial charge in [0.1, 0.15) is 5.84 Å². The van der Waals surface area contributed by atoms with Gasteiger partial charge in [-0.05, 0) is 24.5 Å². The lowest BCUT2D eigenvalue weighted by Crippen LogP contribution is -2.36. The van der Waals surface area contributed by atoms with Crippen LogP contribution in [0.1, 0.15) is 24.5 Å². The van der Waals surface area contributed by atoms with Gasteiger partial charge in [-0.25, -0.2) is 0 Å². The fourth-order valence-corrected chi connectivity index (χ4v) is 3.12. The lowest BCUT2D eigenvalue weighted by molar-refractivity contribution is 0.591. The maximum atomic E-state index is 8.45. The minimum atomic E-state index is -0.318. The van der Waals surface area contributed by atoms with E-state index in [9.17, 15) is 0 Å². The highest BCUT2D eigenvalue weighted by molar-refractivity contribution is 5.96. The Kier molecular flexibility index (Phi) is 2.86. The van der Waals surface area contributed by atoms with Crippen molar-refractivity contribution in [1.82, 2.24) is 5.32 Å². The molecule has 2 aromatic rings. The third kappa shape index (κ3) is 1.84. The van der Waals surface area contributed by atoms with Crippen LogP contribution in [0.5, 0.6) is 0 Å². The minimum Gasteiger partial charge on any atom is -0.370 e. The van der Waals surface area contributed by atoms with Crippen molar-refractivity contribution < 1.29 is 0 Å². The molecule has 1 saturated heterocycles. The van der Waals surface area contributed by atoms with Crippen LogP contribution in [0.2, 0.25) is 0 Å². The lowest BCUT2D eigenvalue weighted by Gasteiger charge is -2.29. The zero-order valence-corrected chi connectivity index (χ0v) is 11.1. The van der Waals surface area contributed by atoms with Gasteiger partial charge < -0.3 is 5.32 Å². The zero-order chi connectivity index (χ0) is 13.3. The van der Waals surface area contributed by atoms with Crippen molar-refractivity contribution in [2.75, 3.05) is 0 Å². The number of hydrogen-bond donors (Lipinski definition) is 2. The predicted octanol–water partition coefficient (Wildman–Crippen LogP) is 3.33. The van der Waals surface area contributed by atoms with Gasteiger partial charge in [0, 0.05) is 6.04 Å². The molecule has 0 aliphatic carbocycles. The van der Waals surface area contributed by atoms with Gasteiger partial charge in [0.25, 0.3) is 0 Å². The van der Waals surface area contributed by atoms with Crippen LogP contribution >= 0.6 is 0 Å². The molecule has 3 rings (SSSR count). The molecule has 1 aliphatic rings. The van der Waals surface area contributed by atoms with Gasteiger partial charge in [-0.2, -0.15) is 0 Å². The van der Waals surface area contributed by atoms with Crippen LogP contribution in [-0.2, 0) is 5.41 Å². The van der Waals surface area contributed by atoms with Gasteiger partial charge >= 0.3 is 0 Å². The molecule has 0 amide bonds. The highest BCUT2D eigenvalue weighted by Gasteiger charge is 2.45. The molecular weight excluding hydrogens is 232 g/mol. The Morgan fingerprint density at radius 2 is 1.42 bits per heavy atom. The molecule has 0 aromatic heterocycles. The topological polar surface area (TPSA) is 35.9 Å². The molecule has 96 valence electrons. The molecule has 1 atom stereocenters. The third-order valence-corrected chi connectivity index (χ3v) is 3.96. The van der Waals surface area contributed by atoms with Crippen molar-refractivity contribution in [3.05, 3.63) is 71.8 Å². The fourth-order valence-electron chi connectivity index (χ4n) is 3.12. The first kappa shape index (κ1) is 12.0. The van der Waals surface area contributed by atoms with Crippen LogP contribution in [0, 0.1) is 5.41 Å². The van der Waals surface area contributed by atoms with Crippen molar-refractivity contribution in [3.63, 3.8) is 0 Å². The van der Waals surface area contributed by atoms with E-state index in [4.69, 9.17) is 5.41 Å². The van der Waals surface area contributed by atoms with Gasteiger partial charge in [-0.1, -0.05) is 60.7 Å². The lowest BCUT2D eigenvalue weighted by atomic mass is 9.72. The normalized spacial score (nSPS) is 21.1. The average Bonchev–Trinajstić information content (AvgIpc) is 2.76. The maximum Gasteiger partial charge on any atom is 0.109 e. The van der Waals surface area contributed by atoms with E-state index in [2.05, 4.69) is 60.8 Å². The summed E-state index contributed by atoms with van der Waals surface area (Å²) in [5.41, 5.74) is 2.08. The van der Waals surface area contributed by atoms with E-state index in [1.54, 1.807) is 0 Å². The second kappa shape index (κ2) is 4.54. The largest absolute Gasteiger partial charge is 0.370 e. The van der Waals surface area contributed by atoms with Gasteiger partial charge in [0.05, 0.1) is 5.41 Å². The standard InChI is InChI=1S/C17H18N2/c1-13-12-17(16(18)19-13,14-8-4-2-5-9-14)15-10-6-3-7-11-15/h2-11,13H,12H2,1H3,(H2,18,19)/t13-/m1/s1. The van der Waals surface area contributed by atoms with E-state index >= 15 is 0 Å². The van der Waals surface area contributed by atoms with E-state index in [0.717, 1.165) is 6.42 Å². The zero-order valence-electron chi connectivity index (χ0n) is 11.1. The third-order valence-electron chi connectivity index (χ3n) is 3.96. The number of hydrogen-bond acceptors (Lipinski definition) is 1. The van der Waals surface area contributed by atoms with Crippen LogP contribution in [0.3, 0.4) is 0 Å². The van der Waals surface area contributed by atoms with Gasteiger partial charge in [-0.15, -0.1) is 0 Å². The quantitative estimate of drug-likeness (QED) is 0.842. The SMILES string of the molecule is C[C@@H]1CC(c2ccccc2)(c2ccccc2)C(=N)N1. The fraction of sp³-hybridized carbons (Fsp3) is 0.235. The molecule has 1 aliphatic heterocycles. The summed E-state index contributed by atoms with van der Waals surface area (Å²) < 4.78 is 0. The van der Waals surface area contributed by atoms with E-state index in [0.29, 0.717) is 11.9 Å². The highest BCUT2D eigenvalue weighted by atomic mass is 15.0. The van der Waals surface area contributed by atoms with Crippen LogP contribution < -0.4 is 5.32 Å². The maximum absolute atomic E-state index is 8.45. The number of rotatable bonds is 2. The number of benzene rings is 2. The summed E-state index contributed by atoms with van der Waals surface area (Å²) in [7, 11) is 0. The van der Waals surface area contributed by atoms with Crippen molar-refractivity contribution >= 4 is 5.84 Å². The molecule has 2 aromatic carbocycles. The summed E-state index contributed by atoms with van der Waals surface area (Å²) in [6.45, 7) is 2.14. The van der Waals surface area contributed by atoms with Crippen molar-refractivity contribution in [3.8, 4) is 0 Å². The Morgan fingerprint density at radius 3 is 1.79 bits per heavy atom. The summed E-state index contributed by atoms with van der Waals surface area (Å²) in [6.07, 6.45) is 0.930. The van der Waals surface area contributed by atoms with Crippen LogP contribution in [-0.4, -0.2) is 11.9 Å². The van der Waals surface area contributed by atoms with Crippen molar-refractivity contribution in [2.24, 2.45) is 0 Å². The molecule has 1 fully saturated rings. The van der Waals surface area contributed by atoms with Crippen molar-refractivity contribution in [2.45, 2.75) is 24.8 Å². The first-order valence-corrected chi connectivity index (χ1v) is 6.70. The highest BCUT2D eigenvalue weighted by Crippen LogP contribution is 2.40. The second-order valence-corrected chi connectivity index (χ2v) is 5.26. The molecule has 0 saturated carbocycles. The Bertz CT molecular complexity index is 535. The second-order valence-electron chi connectivity index (χ2n) is 5.26. The molecule has 2 nitrogen and oxygen atoms in total. The molecule has 19 heavy (non-hydrogen) atoms. The molecule has 1 heterocycles. The van der Waals surface area contributed by atoms with E-state index in [1.165, 1.54) is 11.1 Å². The first-order chi connectivity index (χ1) is 9.23.